The molecule has 0 aliphatic heterocycles. The second-order valence-electron chi connectivity index (χ2n) is 4.93. The van der Waals surface area contributed by atoms with Crippen LogP contribution in [-0.4, -0.2) is 21.9 Å². The molecule has 108 valence electrons. The lowest BCUT2D eigenvalue weighted by molar-refractivity contribution is 0.419. The molecule has 0 aliphatic rings. The number of aryl methyl sites for hydroxylation is 1. The van der Waals surface area contributed by atoms with E-state index >= 15 is 0 Å². The molecule has 3 rings (SSSR count). The van der Waals surface area contributed by atoms with Crippen molar-refractivity contribution in [2.24, 2.45) is 7.05 Å². The highest BCUT2D eigenvalue weighted by Gasteiger charge is 2.06. The molecule has 0 bridgehead atoms. The number of benzene rings is 2. The molecule has 0 amide bonds. The Hall–Kier alpha value is -2.40. The van der Waals surface area contributed by atoms with Crippen molar-refractivity contribution in [3.63, 3.8) is 0 Å². The van der Waals surface area contributed by atoms with Gasteiger partial charge in [0.2, 0.25) is 0 Å². The Morgan fingerprint density at radius 2 is 1.90 bits per heavy atom. The number of hydrogen-bond donors (Lipinski definition) is 1. The first kappa shape index (κ1) is 13.6. The third-order valence-corrected chi connectivity index (χ3v) is 3.60. The molecule has 0 radical (unpaired) electrons. The lowest BCUT2D eigenvalue weighted by Crippen LogP contribution is -2.16. The molecule has 2 aromatic carbocycles. The number of nitrogens with one attached hydrogen (secondary N) is 1. The summed E-state index contributed by atoms with van der Waals surface area (Å²) < 4.78 is 7.34. The van der Waals surface area contributed by atoms with Crippen molar-refractivity contribution in [1.29, 1.82) is 0 Å². The van der Waals surface area contributed by atoms with Gasteiger partial charge in [0.05, 0.1) is 13.7 Å². The standard InChI is InChI=1S/C16H18N4O/c1-20-11-18-19-16(20)10-17-9-12-7-8-15(21-2)14-6-4-3-5-13(12)14/h3-8,11,17H,9-10H2,1-2H3. The monoisotopic (exact) mass is 282 g/mol. The summed E-state index contributed by atoms with van der Waals surface area (Å²) in [5.41, 5.74) is 1.24. The zero-order valence-electron chi connectivity index (χ0n) is 12.2. The van der Waals surface area contributed by atoms with Crippen LogP contribution in [0.5, 0.6) is 5.75 Å². The zero-order chi connectivity index (χ0) is 14.7. The van der Waals surface area contributed by atoms with Gasteiger partial charge in [-0.2, -0.15) is 0 Å². The number of methoxy groups -OCH3 is 1. The molecule has 5 heteroatoms. The van der Waals surface area contributed by atoms with Gasteiger partial charge in [0, 0.05) is 19.0 Å². The van der Waals surface area contributed by atoms with E-state index in [0.29, 0.717) is 6.54 Å². The van der Waals surface area contributed by atoms with E-state index in [0.717, 1.165) is 23.5 Å². The third-order valence-electron chi connectivity index (χ3n) is 3.60. The highest BCUT2D eigenvalue weighted by molar-refractivity contribution is 5.91. The number of nitrogens with zero attached hydrogens (tertiary/aromatic N) is 3. The van der Waals surface area contributed by atoms with E-state index in [4.69, 9.17) is 4.74 Å². The number of rotatable bonds is 5. The predicted molar refractivity (Wildman–Crippen MR) is 82.0 cm³/mol. The summed E-state index contributed by atoms with van der Waals surface area (Å²) >= 11 is 0. The summed E-state index contributed by atoms with van der Waals surface area (Å²) in [7, 11) is 3.65. The van der Waals surface area contributed by atoms with Crippen molar-refractivity contribution in [3.8, 4) is 5.75 Å². The quantitative estimate of drug-likeness (QED) is 0.780. The number of hydrogen-bond acceptors (Lipinski definition) is 4. The molecule has 1 N–H and O–H groups in total. The SMILES string of the molecule is COc1ccc(CNCc2nncn2C)c2ccccc12. The van der Waals surface area contributed by atoms with Crippen molar-refractivity contribution in [2.45, 2.75) is 13.1 Å². The van der Waals surface area contributed by atoms with Crippen LogP contribution < -0.4 is 10.1 Å². The molecule has 21 heavy (non-hydrogen) atoms. The molecule has 0 spiro atoms. The number of aromatic nitrogens is 3. The minimum atomic E-state index is 0.691. The highest BCUT2D eigenvalue weighted by Crippen LogP contribution is 2.28. The summed E-state index contributed by atoms with van der Waals surface area (Å²) in [5, 5.41) is 13.7. The van der Waals surface area contributed by atoms with E-state index in [2.05, 4.69) is 33.7 Å². The molecule has 1 aromatic heterocycles. The maximum Gasteiger partial charge on any atom is 0.146 e. The van der Waals surface area contributed by atoms with Crippen molar-refractivity contribution in [3.05, 3.63) is 54.1 Å². The van der Waals surface area contributed by atoms with E-state index in [1.165, 1.54) is 10.9 Å². The molecule has 5 nitrogen and oxygen atoms in total. The summed E-state index contributed by atoms with van der Waals surface area (Å²) in [6.07, 6.45) is 1.71. The minimum Gasteiger partial charge on any atom is -0.496 e. The van der Waals surface area contributed by atoms with E-state index in [9.17, 15) is 0 Å². The van der Waals surface area contributed by atoms with Crippen molar-refractivity contribution >= 4 is 10.8 Å². The van der Waals surface area contributed by atoms with Gasteiger partial charge in [-0.15, -0.1) is 10.2 Å². The molecule has 0 saturated heterocycles. The third kappa shape index (κ3) is 2.73. The lowest BCUT2D eigenvalue weighted by Gasteiger charge is -2.11. The van der Waals surface area contributed by atoms with Gasteiger partial charge in [0.15, 0.2) is 0 Å². The van der Waals surface area contributed by atoms with Gasteiger partial charge in [0.25, 0.3) is 0 Å². The summed E-state index contributed by atoms with van der Waals surface area (Å²) in [4.78, 5) is 0. The van der Waals surface area contributed by atoms with Crippen LogP contribution in [0.2, 0.25) is 0 Å². The Labute approximate surface area is 123 Å². The van der Waals surface area contributed by atoms with E-state index in [-0.39, 0.29) is 0 Å². The van der Waals surface area contributed by atoms with Crippen molar-refractivity contribution in [2.75, 3.05) is 7.11 Å². The summed E-state index contributed by atoms with van der Waals surface area (Å²) in [6, 6.07) is 12.4. The first-order valence-corrected chi connectivity index (χ1v) is 6.88. The molecule has 0 fully saturated rings. The Bertz CT molecular complexity index is 751. The molecule has 0 saturated carbocycles. The Morgan fingerprint density at radius 3 is 2.62 bits per heavy atom. The molecule has 3 aromatic rings. The summed E-state index contributed by atoms with van der Waals surface area (Å²) in [6.45, 7) is 1.47. The van der Waals surface area contributed by atoms with Crippen LogP contribution in [0.4, 0.5) is 0 Å². The smallest absolute Gasteiger partial charge is 0.146 e. The first-order valence-electron chi connectivity index (χ1n) is 6.88. The normalized spacial score (nSPS) is 11.0. The average Bonchev–Trinajstić information content (AvgIpc) is 2.93. The molecule has 0 unspecified atom stereocenters. The topological polar surface area (TPSA) is 52.0 Å². The van der Waals surface area contributed by atoms with Crippen molar-refractivity contribution in [1.82, 2.24) is 20.1 Å². The molecule has 0 aliphatic carbocycles. The Balaban J connectivity index is 1.80. The van der Waals surface area contributed by atoms with Gasteiger partial charge in [0.1, 0.15) is 17.9 Å². The fourth-order valence-corrected chi connectivity index (χ4v) is 2.44. The van der Waals surface area contributed by atoms with E-state index in [1.807, 2.05) is 29.8 Å². The zero-order valence-corrected chi connectivity index (χ0v) is 12.2. The predicted octanol–water partition coefficient (Wildman–Crippen LogP) is 2.27. The largest absolute Gasteiger partial charge is 0.496 e. The second kappa shape index (κ2) is 5.93. The van der Waals surface area contributed by atoms with Crippen LogP contribution in [0.15, 0.2) is 42.7 Å². The van der Waals surface area contributed by atoms with Crippen LogP contribution in [0, 0.1) is 0 Å². The van der Waals surface area contributed by atoms with Gasteiger partial charge in [-0.3, -0.25) is 0 Å². The molecule has 1 heterocycles. The average molecular weight is 282 g/mol. The maximum atomic E-state index is 5.42. The molecular formula is C16H18N4O. The van der Waals surface area contributed by atoms with Crippen LogP contribution in [-0.2, 0) is 20.1 Å². The van der Waals surface area contributed by atoms with Gasteiger partial charge >= 0.3 is 0 Å². The van der Waals surface area contributed by atoms with E-state index < -0.39 is 0 Å². The van der Waals surface area contributed by atoms with Crippen LogP contribution in [0.3, 0.4) is 0 Å². The van der Waals surface area contributed by atoms with Crippen LogP contribution >= 0.6 is 0 Å². The second-order valence-corrected chi connectivity index (χ2v) is 4.93. The lowest BCUT2D eigenvalue weighted by atomic mass is 10.0. The van der Waals surface area contributed by atoms with Gasteiger partial charge < -0.3 is 14.6 Å². The van der Waals surface area contributed by atoms with Gasteiger partial charge in [-0.25, -0.2) is 0 Å². The Kier molecular flexibility index (Phi) is 3.83. The molecule has 0 atom stereocenters. The van der Waals surface area contributed by atoms with Gasteiger partial charge in [-0.1, -0.05) is 30.3 Å². The highest BCUT2D eigenvalue weighted by atomic mass is 16.5. The summed E-state index contributed by atoms with van der Waals surface area (Å²) in [5.74, 6) is 1.83. The number of ether oxygens (including phenoxy) is 1. The minimum absolute atomic E-state index is 0.691. The van der Waals surface area contributed by atoms with Gasteiger partial charge in [-0.05, 0) is 17.0 Å². The fourth-order valence-electron chi connectivity index (χ4n) is 2.44. The van der Waals surface area contributed by atoms with Crippen molar-refractivity contribution < 1.29 is 4.74 Å². The fraction of sp³-hybridized carbons (Fsp3) is 0.250. The first-order chi connectivity index (χ1) is 10.3. The number of fused-ring (bicyclic) bond motifs is 1. The molecular weight excluding hydrogens is 264 g/mol. The van der Waals surface area contributed by atoms with Crippen LogP contribution in [0.25, 0.3) is 10.8 Å². The van der Waals surface area contributed by atoms with Crippen LogP contribution in [0.1, 0.15) is 11.4 Å². The Morgan fingerprint density at radius 1 is 1.10 bits per heavy atom. The maximum absolute atomic E-state index is 5.42. The van der Waals surface area contributed by atoms with E-state index in [1.54, 1.807) is 13.4 Å².